The molecule has 1 aliphatic carbocycles. The van der Waals surface area contributed by atoms with Gasteiger partial charge in [0.05, 0.1) is 11.5 Å². The van der Waals surface area contributed by atoms with Crippen molar-refractivity contribution >= 4 is 5.91 Å². The molecule has 1 saturated heterocycles. The van der Waals surface area contributed by atoms with E-state index in [0.29, 0.717) is 13.0 Å². The van der Waals surface area contributed by atoms with E-state index in [1.165, 1.54) is 5.56 Å². The number of amides is 1. The Kier molecular flexibility index (Phi) is 5.36. The molecule has 0 atom stereocenters. The zero-order valence-electron chi connectivity index (χ0n) is 17.3. The largest absolute Gasteiger partial charge is 0.342 e. The second-order valence-corrected chi connectivity index (χ2v) is 9.53. The van der Waals surface area contributed by atoms with Crippen LogP contribution in [0.1, 0.15) is 57.9 Å². The summed E-state index contributed by atoms with van der Waals surface area (Å²) in [6.45, 7) is 5.48. The first-order valence-corrected chi connectivity index (χ1v) is 10.1. The third-order valence-corrected chi connectivity index (χ3v) is 7.02. The maximum Gasteiger partial charge on any atom is 0.223 e. The highest BCUT2D eigenvalue weighted by atomic mass is 16.2. The molecule has 2 fully saturated rings. The fourth-order valence-electron chi connectivity index (χ4n) is 4.93. The van der Waals surface area contributed by atoms with Crippen LogP contribution in [-0.2, 0) is 10.3 Å². The molecule has 0 radical (unpaired) electrons. The Hall–Kier alpha value is -1.86. The van der Waals surface area contributed by atoms with Crippen LogP contribution < -0.4 is 0 Å². The molecule has 1 saturated carbocycles. The molecule has 1 heterocycles. The van der Waals surface area contributed by atoms with Gasteiger partial charge in [0, 0.05) is 25.0 Å². The molecule has 1 aromatic carbocycles. The molecule has 0 bridgehead atoms. The summed E-state index contributed by atoms with van der Waals surface area (Å²) in [5.41, 5.74) is 1.23. The highest BCUT2D eigenvalue weighted by Gasteiger charge is 2.50. The SMILES string of the molecule is CN(C)C1(c2ccccc2)CCC2(CC1)CC(=O)N(CCC(C)(C)C#N)C2. The van der Waals surface area contributed by atoms with Crippen LogP contribution in [-0.4, -0.2) is 42.9 Å². The number of carbonyl (C=O) groups excluding carboxylic acids is 1. The predicted octanol–water partition coefficient (Wildman–Crippen LogP) is 4.18. The van der Waals surface area contributed by atoms with Gasteiger partial charge in [0.1, 0.15) is 0 Å². The molecule has 0 N–H and O–H groups in total. The average molecular weight is 368 g/mol. The van der Waals surface area contributed by atoms with E-state index in [1.54, 1.807) is 0 Å². The molecule has 1 aliphatic heterocycles. The normalized spacial score (nSPS) is 28.7. The molecular formula is C23H33N3O. The van der Waals surface area contributed by atoms with Crippen LogP contribution >= 0.6 is 0 Å². The second kappa shape index (κ2) is 7.28. The third kappa shape index (κ3) is 3.89. The van der Waals surface area contributed by atoms with E-state index in [0.717, 1.165) is 38.6 Å². The van der Waals surface area contributed by atoms with E-state index in [1.807, 2.05) is 18.7 Å². The fourth-order valence-corrected chi connectivity index (χ4v) is 4.93. The van der Waals surface area contributed by atoms with E-state index in [4.69, 9.17) is 0 Å². The van der Waals surface area contributed by atoms with Crippen LogP contribution in [0.5, 0.6) is 0 Å². The van der Waals surface area contributed by atoms with Crippen molar-refractivity contribution in [1.82, 2.24) is 9.80 Å². The minimum absolute atomic E-state index is 0.0752. The van der Waals surface area contributed by atoms with Crippen molar-refractivity contribution in [2.24, 2.45) is 10.8 Å². The van der Waals surface area contributed by atoms with E-state index in [-0.39, 0.29) is 22.3 Å². The molecule has 4 nitrogen and oxygen atoms in total. The van der Waals surface area contributed by atoms with Gasteiger partial charge in [0.25, 0.3) is 0 Å². The molecular weight excluding hydrogens is 334 g/mol. The number of nitriles is 1. The van der Waals surface area contributed by atoms with Crippen molar-refractivity contribution in [2.45, 2.75) is 57.9 Å². The molecule has 1 spiro atoms. The van der Waals surface area contributed by atoms with Crippen molar-refractivity contribution < 1.29 is 4.79 Å². The van der Waals surface area contributed by atoms with Gasteiger partial charge in [-0.25, -0.2) is 0 Å². The van der Waals surface area contributed by atoms with Gasteiger partial charge in [-0.3, -0.25) is 9.69 Å². The molecule has 2 aliphatic rings. The lowest BCUT2D eigenvalue weighted by Gasteiger charge is -2.49. The monoisotopic (exact) mass is 367 g/mol. The Balaban J connectivity index is 1.69. The number of likely N-dealkylation sites (tertiary alicyclic amines) is 1. The number of benzene rings is 1. The number of nitrogens with zero attached hydrogens (tertiary/aromatic N) is 3. The summed E-state index contributed by atoms with van der Waals surface area (Å²) in [7, 11) is 4.36. The van der Waals surface area contributed by atoms with Crippen molar-refractivity contribution in [3.63, 3.8) is 0 Å². The van der Waals surface area contributed by atoms with Crippen molar-refractivity contribution in [3.8, 4) is 6.07 Å². The Bertz CT molecular complexity index is 709. The highest BCUT2D eigenvalue weighted by Crippen LogP contribution is 2.52. The lowest BCUT2D eigenvalue weighted by molar-refractivity contribution is -0.128. The van der Waals surface area contributed by atoms with Gasteiger partial charge in [0.2, 0.25) is 5.91 Å². The first-order chi connectivity index (χ1) is 12.7. The quantitative estimate of drug-likeness (QED) is 0.784. The van der Waals surface area contributed by atoms with Crippen molar-refractivity contribution in [3.05, 3.63) is 35.9 Å². The maximum absolute atomic E-state index is 12.7. The predicted molar refractivity (Wildman–Crippen MR) is 108 cm³/mol. The molecule has 3 rings (SSSR count). The van der Waals surface area contributed by atoms with Gasteiger partial charge in [0.15, 0.2) is 0 Å². The van der Waals surface area contributed by atoms with Gasteiger partial charge >= 0.3 is 0 Å². The van der Waals surface area contributed by atoms with E-state index < -0.39 is 0 Å². The number of hydrogen-bond acceptors (Lipinski definition) is 3. The van der Waals surface area contributed by atoms with Crippen LogP contribution in [0.2, 0.25) is 0 Å². The summed E-state index contributed by atoms with van der Waals surface area (Å²) in [6.07, 6.45) is 5.78. The number of carbonyl (C=O) groups is 1. The smallest absolute Gasteiger partial charge is 0.223 e. The first kappa shape index (κ1) is 19.9. The average Bonchev–Trinajstić information content (AvgIpc) is 2.97. The van der Waals surface area contributed by atoms with E-state index >= 15 is 0 Å². The molecule has 146 valence electrons. The zero-order chi connectivity index (χ0) is 19.7. The van der Waals surface area contributed by atoms with E-state index in [2.05, 4.69) is 55.4 Å². The standard InChI is InChI=1S/C23H33N3O/c1-21(2,17-24)14-15-26-18-22(16-20(26)27)10-12-23(13-11-22,25(3)4)19-8-6-5-7-9-19/h5-9H,10-16,18H2,1-4H3. The minimum Gasteiger partial charge on any atom is -0.342 e. The molecule has 27 heavy (non-hydrogen) atoms. The third-order valence-electron chi connectivity index (χ3n) is 7.02. The Morgan fingerprint density at radius 1 is 1.15 bits per heavy atom. The Labute approximate surface area is 164 Å². The maximum atomic E-state index is 12.7. The van der Waals surface area contributed by atoms with Gasteiger partial charge in [-0.2, -0.15) is 5.26 Å². The van der Waals surface area contributed by atoms with Crippen LogP contribution in [0.25, 0.3) is 0 Å². The van der Waals surface area contributed by atoms with Gasteiger partial charge in [-0.05, 0) is 71.0 Å². The number of rotatable bonds is 5. The fraction of sp³-hybridized carbons (Fsp3) is 0.652. The van der Waals surface area contributed by atoms with Crippen LogP contribution in [0.3, 0.4) is 0 Å². The van der Waals surface area contributed by atoms with Crippen LogP contribution in [0, 0.1) is 22.2 Å². The van der Waals surface area contributed by atoms with Gasteiger partial charge in [-0.1, -0.05) is 30.3 Å². The molecule has 0 unspecified atom stereocenters. The summed E-state index contributed by atoms with van der Waals surface area (Å²) in [5.74, 6) is 0.279. The minimum atomic E-state index is -0.365. The molecule has 1 aromatic rings. The molecule has 1 amide bonds. The lowest BCUT2D eigenvalue weighted by atomic mass is 9.64. The summed E-state index contributed by atoms with van der Waals surface area (Å²) in [6, 6.07) is 13.2. The van der Waals surface area contributed by atoms with Gasteiger partial charge < -0.3 is 4.90 Å². The van der Waals surface area contributed by atoms with Gasteiger partial charge in [-0.15, -0.1) is 0 Å². The molecule has 4 heteroatoms. The first-order valence-electron chi connectivity index (χ1n) is 10.1. The van der Waals surface area contributed by atoms with Crippen LogP contribution in [0.4, 0.5) is 0 Å². The summed E-state index contributed by atoms with van der Waals surface area (Å²) < 4.78 is 0. The summed E-state index contributed by atoms with van der Waals surface area (Å²) in [5, 5.41) is 9.24. The second-order valence-electron chi connectivity index (χ2n) is 9.53. The van der Waals surface area contributed by atoms with Crippen LogP contribution in [0.15, 0.2) is 30.3 Å². The Morgan fingerprint density at radius 3 is 2.33 bits per heavy atom. The summed E-state index contributed by atoms with van der Waals surface area (Å²) in [4.78, 5) is 17.0. The van der Waals surface area contributed by atoms with Crippen molar-refractivity contribution in [1.29, 1.82) is 5.26 Å². The zero-order valence-corrected chi connectivity index (χ0v) is 17.3. The van der Waals surface area contributed by atoms with Crippen molar-refractivity contribution in [2.75, 3.05) is 27.2 Å². The molecule has 0 aromatic heterocycles. The Morgan fingerprint density at radius 2 is 1.78 bits per heavy atom. The lowest BCUT2D eigenvalue weighted by Crippen LogP contribution is -2.47. The highest BCUT2D eigenvalue weighted by molar-refractivity contribution is 5.79. The number of hydrogen-bond donors (Lipinski definition) is 0. The summed E-state index contributed by atoms with van der Waals surface area (Å²) >= 11 is 0. The topological polar surface area (TPSA) is 47.3 Å². The van der Waals surface area contributed by atoms with E-state index in [9.17, 15) is 10.1 Å².